The topological polar surface area (TPSA) is 88.1 Å². The molecule has 2 aliphatic heterocycles. The van der Waals surface area contributed by atoms with E-state index >= 15 is 0 Å². The SMILES string of the molecule is COC1CCN(C(=O)NC2COCC2(C)C(=O)O)CC1. The van der Waals surface area contributed by atoms with Gasteiger partial charge in [-0.05, 0) is 19.8 Å². The summed E-state index contributed by atoms with van der Waals surface area (Å²) in [5.41, 5.74) is -1.06. The molecule has 2 unspecified atom stereocenters. The third kappa shape index (κ3) is 2.88. The first kappa shape index (κ1) is 15.1. The van der Waals surface area contributed by atoms with E-state index in [4.69, 9.17) is 9.47 Å². The zero-order valence-electron chi connectivity index (χ0n) is 11.9. The zero-order chi connectivity index (χ0) is 14.8. The molecule has 0 radical (unpaired) electrons. The Morgan fingerprint density at radius 3 is 2.60 bits per heavy atom. The number of amides is 2. The molecule has 114 valence electrons. The van der Waals surface area contributed by atoms with Crippen LogP contribution >= 0.6 is 0 Å². The fourth-order valence-corrected chi connectivity index (χ4v) is 2.62. The van der Waals surface area contributed by atoms with Gasteiger partial charge in [0, 0.05) is 20.2 Å². The molecule has 2 atom stereocenters. The molecular formula is C13H22N2O5. The quantitative estimate of drug-likeness (QED) is 0.779. The highest BCUT2D eigenvalue weighted by Gasteiger charge is 2.47. The van der Waals surface area contributed by atoms with Gasteiger partial charge in [-0.3, -0.25) is 4.79 Å². The van der Waals surface area contributed by atoms with Crippen LogP contribution in [0.1, 0.15) is 19.8 Å². The lowest BCUT2D eigenvalue weighted by molar-refractivity contribution is -0.148. The molecule has 2 fully saturated rings. The van der Waals surface area contributed by atoms with Crippen molar-refractivity contribution in [1.29, 1.82) is 0 Å². The Balaban J connectivity index is 1.90. The Morgan fingerprint density at radius 1 is 1.40 bits per heavy atom. The van der Waals surface area contributed by atoms with E-state index in [-0.39, 0.29) is 25.3 Å². The Labute approximate surface area is 118 Å². The Bertz CT molecular complexity index is 381. The van der Waals surface area contributed by atoms with Crippen LogP contribution in [-0.4, -0.2) is 67.6 Å². The lowest BCUT2D eigenvalue weighted by atomic mass is 9.85. The number of nitrogens with zero attached hydrogens (tertiary/aromatic N) is 1. The minimum absolute atomic E-state index is 0.124. The molecule has 7 heteroatoms. The molecule has 7 nitrogen and oxygen atoms in total. The highest BCUT2D eigenvalue weighted by atomic mass is 16.5. The van der Waals surface area contributed by atoms with E-state index in [0.29, 0.717) is 13.1 Å². The van der Waals surface area contributed by atoms with Crippen LogP contribution in [0.5, 0.6) is 0 Å². The molecule has 0 aliphatic carbocycles. The Kier molecular flexibility index (Phi) is 4.49. The van der Waals surface area contributed by atoms with Crippen LogP contribution in [0.25, 0.3) is 0 Å². The average Bonchev–Trinajstić information content (AvgIpc) is 2.81. The number of methoxy groups -OCH3 is 1. The molecule has 2 heterocycles. The maximum Gasteiger partial charge on any atom is 0.317 e. The van der Waals surface area contributed by atoms with E-state index in [0.717, 1.165) is 12.8 Å². The molecule has 0 spiro atoms. The van der Waals surface area contributed by atoms with E-state index in [1.807, 2.05) is 0 Å². The van der Waals surface area contributed by atoms with Crippen LogP contribution < -0.4 is 5.32 Å². The second kappa shape index (κ2) is 5.97. The summed E-state index contributed by atoms with van der Waals surface area (Å²) >= 11 is 0. The van der Waals surface area contributed by atoms with Crippen LogP contribution in [-0.2, 0) is 14.3 Å². The first-order valence-electron chi connectivity index (χ1n) is 6.86. The van der Waals surface area contributed by atoms with Gasteiger partial charge in [0.25, 0.3) is 0 Å². The molecule has 0 saturated carbocycles. The number of hydrogen-bond acceptors (Lipinski definition) is 4. The van der Waals surface area contributed by atoms with Gasteiger partial charge in [0.2, 0.25) is 0 Å². The van der Waals surface area contributed by atoms with Gasteiger partial charge < -0.3 is 24.8 Å². The van der Waals surface area contributed by atoms with Gasteiger partial charge in [-0.15, -0.1) is 0 Å². The van der Waals surface area contributed by atoms with Crippen molar-refractivity contribution < 1.29 is 24.2 Å². The van der Waals surface area contributed by atoms with Gasteiger partial charge in [0.05, 0.1) is 25.4 Å². The van der Waals surface area contributed by atoms with Gasteiger partial charge in [-0.2, -0.15) is 0 Å². The fraction of sp³-hybridized carbons (Fsp3) is 0.846. The van der Waals surface area contributed by atoms with Gasteiger partial charge in [-0.1, -0.05) is 0 Å². The van der Waals surface area contributed by atoms with E-state index in [9.17, 15) is 14.7 Å². The summed E-state index contributed by atoms with van der Waals surface area (Å²) in [6.07, 6.45) is 1.82. The first-order valence-corrected chi connectivity index (χ1v) is 6.86. The summed E-state index contributed by atoms with van der Waals surface area (Å²) in [5.74, 6) is -0.946. The number of aliphatic carboxylic acids is 1. The Hall–Kier alpha value is -1.34. The second-order valence-electron chi connectivity index (χ2n) is 5.66. The summed E-state index contributed by atoms with van der Waals surface area (Å²) in [5, 5.41) is 12.1. The van der Waals surface area contributed by atoms with E-state index < -0.39 is 17.4 Å². The third-order valence-corrected chi connectivity index (χ3v) is 4.30. The normalized spacial score (nSPS) is 31.3. The van der Waals surface area contributed by atoms with Crippen molar-refractivity contribution in [1.82, 2.24) is 10.2 Å². The molecule has 2 amide bonds. The number of likely N-dealkylation sites (tertiary alicyclic amines) is 1. The highest BCUT2D eigenvalue weighted by molar-refractivity contribution is 5.79. The van der Waals surface area contributed by atoms with Crippen molar-refractivity contribution in [3.05, 3.63) is 0 Å². The van der Waals surface area contributed by atoms with Crippen LogP contribution in [0.15, 0.2) is 0 Å². The highest BCUT2D eigenvalue weighted by Crippen LogP contribution is 2.29. The van der Waals surface area contributed by atoms with Crippen LogP contribution in [0, 0.1) is 5.41 Å². The minimum atomic E-state index is -1.06. The molecule has 2 N–H and O–H groups in total. The number of carboxylic acid groups (broad SMARTS) is 1. The number of carbonyl (C=O) groups excluding carboxylic acids is 1. The van der Waals surface area contributed by atoms with Crippen molar-refractivity contribution in [2.75, 3.05) is 33.4 Å². The van der Waals surface area contributed by atoms with E-state index in [2.05, 4.69) is 5.32 Å². The predicted octanol–water partition coefficient (Wildman–Crippen LogP) is 0.297. The maximum atomic E-state index is 12.2. The van der Waals surface area contributed by atoms with Crippen molar-refractivity contribution in [3.63, 3.8) is 0 Å². The zero-order valence-corrected chi connectivity index (χ0v) is 11.9. The summed E-state index contributed by atoms with van der Waals surface area (Å²) in [7, 11) is 1.68. The average molecular weight is 286 g/mol. The van der Waals surface area contributed by atoms with Crippen molar-refractivity contribution in [3.8, 4) is 0 Å². The van der Waals surface area contributed by atoms with Crippen molar-refractivity contribution >= 4 is 12.0 Å². The van der Waals surface area contributed by atoms with Gasteiger partial charge in [0.15, 0.2) is 0 Å². The third-order valence-electron chi connectivity index (χ3n) is 4.30. The molecule has 20 heavy (non-hydrogen) atoms. The van der Waals surface area contributed by atoms with Crippen molar-refractivity contribution in [2.45, 2.75) is 31.9 Å². The van der Waals surface area contributed by atoms with E-state index in [1.165, 1.54) is 0 Å². The summed E-state index contributed by atoms with van der Waals surface area (Å²) < 4.78 is 10.5. The largest absolute Gasteiger partial charge is 0.481 e. The fourth-order valence-electron chi connectivity index (χ4n) is 2.62. The lowest BCUT2D eigenvalue weighted by Gasteiger charge is -2.33. The number of nitrogens with one attached hydrogen (secondary N) is 1. The number of hydrogen-bond donors (Lipinski definition) is 2. The van der Waals surface area contributed by atoms with Crippen molar-refractivity contribution in [2.24, 2.45) is 5.41 Å². The van der Waals surface area contributed by atoms with Crippen LogP contribution in [0.4, 0.5) is 4.79 Å². The smallest absolute Gasteiger partial charge is 0.317 e. The van der Waals surface area contributed by atoms with E-state index in [1.54, 1.807) is 18.9 Å². The molecule has 2 rings (SSSR count). The first-order chi connectivity index (χ1) is 9.47. The maximum absolute atomic E-state index is 12.2. The number of ether oxygens (including phenoxy) is 2. The molecule has 2 saturated heterocycles. The monoisotopic (exact) mass is 286 g/mol. The number of rotatable bonds is 3. The summed E-state index contributed by atoms with van der Waals surface area (Å²) in [4.78, 5) is 25.2. The molecular weight excluding hydrogens is 264 g/mol. The molecule has 0 aromatic carbocycles. The molecule has 0 aromatic heterocycles. The lowest BCUT2D eigenvalue weighted by Crippen LogP contribution is -2.54. The minimum Gasteiger partial charge on any atom is -0.481 e. The molecule has 0 bridgehead atoms. The number of carboxylic acids is 1. The van der Waals surface area contributed by atoms with Crippen LogP contribution in [0.3, 0.4) is 0 Å². The summed E-state index contributed by atoms with van der Waals surface area (Å²) in [6.45, 7) is 3.22. The second-order valence-corrected chi connectivity index (χ2v) is 5.66. The van der Waals surface area contributed by atoms with Gasteiger partial charge >= 0.3 is 12.0 Å². The number of urea groups is 1. The molecule has 0 aromatic rings. The van der Waals surface area contributed by atoms with Crippen LogP contribution in [0.2, 0.25) is 0 Å². The predicted molar refractivity (Wildman–Crippen MR) is 70.5 cm³/mol. The summed E-state index contributed by atoms with van der Waals surface area (Å²) in [6, 6.07) is -0.713. The van der Waals surface area contributed by atoms with Gasteiger partial charge in [0.1, 0.15) is 5.41 Å². The number of carbonyl (C=O) groups is 2. The number of piperidine rings is 1. The van der Waals surface area contributed by atoms with Gasteiger partial charge in [-0.25, -0.2) is 4.79 Å². The Morgan fingerprint density at radius 2 is 2.05 bits per heavy atom. The standard InChI is InChI=1S/C13H22N2O5/c1-13(11(16)17)8-20-7-10(13)14-12(18)15-5-3-9(19-2)4-6-15/h9-10H,3-8H2,1-2H3,(H,14,18)(H,16,17). The molecule has 2 aliphatic rings.